The lowest BCUT2D eigenvalue weighted by molar-refractivity contribution is 0.0697. The van der Waals surface area contributed by atoms with Gasteiger partial charge in [-0.2, -0.15) is 4.98 Å². The summed E-state index contributed by atoms with van der Waals surface area (Å²) >= 11 is 0. The highest BCUT2D eigenvalue weighted by molar-refractivity contribution is 5.94. The summed E-state index contributed by atoms with van der Waals surface area (Å²) in [5.74, 6) is 0.303. The minimum atomic E-state index is -1.05. The molecular weight excluding hydrogens is 442 g/mol. The number of fused-ring (bicyclic) bond motifs is 1. The first kappa shape index (κ1) is 22.3. The number of carbonyl (C=O) groups is 1. The molecule has 3 aromatic carbocycles. The number of pyridine rings is 1. The first-order chi connectivity index (χ1) is 16.9. The lowest BCUT2D eigenvalue weighted by atomic mass is 10.0. The number of aryl methyl sites for hydroxylation is 3. The first-order valence-electron chi connectivity index (χ1n) is 11.2. The van der Waals surface area contributed by atoms with Crippen LogP contribution in [0, 0.1) is 20.8 Å². The van der Waals surface area contributed by atoms with Crippen LogP contribution in [0.1, 0.15) is 32.7 Å². The number of benzene rings is 3. The number of carboxylic acid groups (broad SMARTS) is 1. The van der Waals surface area contributed by atoms with Gasteiger partial charge in [0.2, 0.25) is 5.82 Å². The summed E-state index contributed by atoms with van der Waals surface area (Å²) in [6.45, 7) is 6.53. The quantitative estimate of drug-likeness (QED) is 0.321. The molecule has 2 aromatic heterocycles. The lowest BCUT2D eigenvalue weighted by Crippen LogP contribution is -1.99. The fraction of sp³-hybridized carbons (Fsp3) is 0.143. The highest BCUT2D eigenvalue weighted by Gasteiger charge is 2.17. The van der Waals surface area contributed by atoms with Gasteiger partial charge in [0.15, 0.2) is 0 Å². The van der Waals surface area contributed by atoms with Crippen LogP contribution >= 0.6 is 0 Å². The number of rotatable bonds is 6. The van der Waals surface area contributed by atoms with Crippen LogP contribution in [0.5, 0.6) is 5.75 Å². The largest absolute Gasteiger partial charge is 0.488 e. The second-order valence-electron chi connectivity index (χ2n) is 8.42. The van der Waals surface area contributed by atoms with Gasteiger partial charge in [-0.15, -0.1) is 0 Å². The summed E-state index contributed by atoms with van der Waals surface area (Å²) in [6.07, 6.45) is 0. The van der Waals surface area contributed by atoms with Crippen molar-refractivity contribution in [1.29, 1.82) is 0 Å². The van der Waals surface area contributed by atoms with E-state index in [-0.39, 0.29) is 11.5 Å². The molecule has 7 heteroatoms. The smallest absolute Gasteiger partial charge is 0.336 e. The van der Waals surface area contributed by atoms with Gasteiger partial charge >= 0.3 is 5.97 Å². The number of hydrogen-bond acceptors (Lipinski definition) is 6. The van der Waals surface area contributed by atoms with Crippen LogP contribution in [0.15, 0.2) is 71.3 Å². The van der Waals surface area contributed by atoms with E-state index in [0.717, 1.165) is 39.0 Å². The third-order valence-electron chi connectivity index (χ3n) is 6.02. The van der Waals surface area contributed by atoms with Crippen molar-refractivity contribution in [1.82, 2.24) is 15.1 Å². The van der Waals surface area contributed by atoms with Gasteiger partial charge in [0.1, 0.15) is 12.4 Å². The Morgan fingerprint density at radius 2 is 1.74 bits per heavy atom. The summed E-state index contributed by atoms with van der Waals surface area (Å²) in [4.78, 5) is 20.6. The van der Waals surface area contributed by atoms with E-state index in [1.165, 1.54) is 11.6 Å². The summed E-state index contributed by atoms with van der Waals surface area (Å²) in [6, 6.07) is 20.3. The van der Waals surface area contributed by atoms with Gasteiger partial charge < -0.3 is 14.4 Å². The van der Waals surface area contributed by atoms with Gasteiger partial charge in [0.25, 0.3) is 5.89 Å². The van der Waals surface area contributed by atoms with Crippen LogP contribution in [0.2, 0.25) is 0 Å². The second-order valence-corrected chi connectivity index (χ2v) is 8.42. The summed E-state index contributed by atoms with van der Waals surface area (Å²) in [7, 11) is 0. The summed E-state index contributed by atoms with van der Waals surface area (Å²) in [5.41, 5.74) is 6.47. The molecule has 35 heavy (non-hydrogen) atoms. The van der Waals surface area contributed by atoms with E-state index in [9.17, 15) is 9.90 Å². The van der Waals surface area contributed by atoms with Gasteiger partial charge in [0.05, 0.1) is 16.6 Å². The van der Waals surface area contributed by atoms with Crippen LogP contribution in [-0.4, -0.2) is 26.2 Å². The topological polar surface area (TPSA) is 98.3 Å². The Balaban J connectivity index is 1.35. The van der Waals surface area contributed by atoms with Gasteiger partial charge in [-0.25, -0.2) is 4.79 Å². The standard InChI is InChI=1S/C28H23N3O4/c1-16-8-13-23-24(14-17(2)29-25(23)18(16)3)34-15-19-9-11-20(12-10-19)26-30-27(35-31-26)21-6-4-5-7-22(21)28(32)33/h4-14H,15H2,1-3H3,(H,32,33). The highest BCUT2D eigenvalue weighted by Crippen LogP contribution is 2.30. The predicted molar refractivity (Wildman–Crippen MR) is 132 cm³/mol. The van der Waals surface area contributed by atoms with Crippen molar-refractivity contribution in [3.8, 4) is 28.6 Å². The molecule has 0 aliphatic rings. The van der Waals surface area contributed by atoms with E-state index in [1.54, 1.807) is 18.2 Å². The fourth-order valence-electron chi connectivity index (χ4n) is 3.96. The van der Waals surface area contributed by atoms with Crippen molar-refractivity contribution in [2.75, 3.05) is 0 Å². The molecule has 0 atom stereocenters. The molecule has 5 rings (SSSR count). The zero-order valence-electron chi connectivity index (χ0n) is 19.6. The molecule has 0 bridgehead atoms. The molecule has 5 aromatic rings. The molecule has 0 saturated heterocycles. The zero-order chi connectivity index (χ0) is 24.5. The van der Waals surface area contributed by atoms with Crippen molar-refractivity contribution in [3.05, 3.63) is 94.7 Å². The third kappa shape index (κ3) is 4.36. The SMILES string of the molecule is Cc1cc(OCc2ccc(-c3noc(-c4ccccc4C(=O)O)n3)cc2)c2ccc(C)c(C)c2n1. The molecule has 0 spiro atoms. The summed E-state index contributed by atoms with van der Waals surface area (Å²) < 4.78 is 11.5. The van der Waals surface area contributed by atoms with Crippen molar-refractivity contribution in [2.24, 2.45) is 0 Å². The Labute approximate surface area is 202 Å². The first-order valence-corrected chi connectivity index (χ1v) is 11.2. The number of hydrogen-bond donors (Lipinski definition) is 1. The van der Waals surface area contributed by atoms with Crippen molar-refractivity contribution >= 4 is 16.9 Å². The monoisotopic (exact) mass is 465 g/mol. The van der Waals surface area contributed by atoms with Crippen molar-refractivity contribution < 1.29 is 19.2 Å². The van der Waals surface area contributed by atoms with Crippen molar-refractivity contribution in [3.63, 3.8) is 0 Å². The highest BCUT2D eigenvalue weighted by atomic mass is 16.5. The maximum atomic E-state index is 11.5. The molecule has 0 aliphatic carbocycles. The molecular formula is C28H23N3O4. The average Bonchev–Trinajstić information content (AvgIpc) is 3.35. The Kier molecular flexibility index (Phi) is 5.74. The van der Waals surface area contributed by atoms with Crippen LogP contribution in [0.25, 0.3) is 33.7 Å². The van der Waals surface area contributed by atoms with Gasteiger partial charge in [-0.3, -0.25) is 4.98 Å². The summed E-state index contributed by atoms with van der Waals surface area (Å²) in [5, 5.41) is 14.4. The van der Waals surface area contributed by atoms with Crippen LogP contribution < -0.4 is 4.74 Å². The molecule has 0 fully saturated rings. The van der Waals surface area contributed by atoms with E-state index in [2.05, 4.69) is 36.1 Å². The molecule has 2 heterocycles. The average molecular weight is 466 g/mol. The van der Waals surface area contributed by atoms with E-state index >= 15 is 0 Å². The van der Waals surface area contributed by atoms with E-state index in [4.69, 9.17) is 14.2 Å². The molecule has 0 amide bonds. The predicted octanol–water partition coefficient (Wildman–Crippen LogP) is 6.15. The van der Waals surface area contributed by atoms with E-state index in [0.29, 0.717) is 18.0 Å². The molecule has 0 saturated carbocycles. The Morgan fingerprint density at radius 3 is 2.51 bits per heavy atom. The van der Waals surface area contributed by atoms with Crippen LogP contribution in [0.3, 0.4) is 0 Å². The van der Waals surface area contributed by atoms with E-state index in [1.807, 2.05) is 37.3 Å². The third-order valence-corrected chi connectivity index (χ3v) is 6.02. The Bertz CT molecular complexity index is 1560. The normalized spacial score (nSPS) is 11.1. The Hall–Kier alpha value is -4.52. The number of nitrogens with zero attached hydrogens (tertiary/aromatic N) is 3. The number of ether oxygens (including phenoxy) is 1. The number of carboxylic acids is 1. The fourth-order valence-corrected chi connectivity index (χ4v) is 3.96. The maximum absolute atomic E-state index is 11.5. The van der Waals surface area contributed by atoms with Crippen molar-refractivity contribution in [2.45, 2.75) is 27.4 Å². The zero-order valence-corrected chi connectivity index (χ0v) is 19.6. The van der Waals surface area contributed by atoms with Gasteiger partial charge in [0, 0.05) is 22.7 Å². The molecule has 0 radical (unpaired) electrons. The number of aromatic carboxylic acids is 1. The lowest BCUT2D eigenvalue weighted by Gasteiger charge is -2.13. The molecule has 7 nitrogen and oxygen atoms in total. The van der Waals surface area contributed by atoms with E-state index < -0.39 is 5.97 Å². The molecule has 0 aliphatic heterocycles. The maximum Gasteiger partial charge on any atom is 0.336 e. The molecule has 0 unspecified atom stereocenters. The van der Waals surface area contributed by atoms with Crippen LogP contribution in [0.4, 0.5) is 0 Å². The van der Waals surface area contributed by atoms with Crippen LogP contribution in [-0.2, 0) is 6.61 Å². The molecule has 174 valence electrons. The Morgan fingerprint density at radius 1 is 0.971 bits per heavy atom. The van der Waals surface area contributed by atoms with Gasteiger partial charge in [-0.05, 0) is 55.7 Å². The minimum absolute atomic E-state index is 0.111. The minimum Gasteiger partial charge on any atom is -0.488 e. The molecule has 1 N–H and O–H groups in total. The number of aromatic nitrogens is 3. The second kappa shape index (κ2) is 9.02. The van der Waals surface area contributed by atoms with Gasteiger partial charge in [-0.1, -0.05) is 47.6 Å².